The van der Waals surface area contributed by atoms with Gasteiger partial charge in [0.25, 0.3) is 11.8 Å². The minimum Gasteiger partial charge on any atom is -0.355 e. The summed E-state index contributed by atoms with van der Waals surface area (Å²) in [5, 5.41) is 5.05. The van der Waals surface area contributed by atoms with Gasteiger partial charge < -0.3 is 10.6 Å². The van der Waals surface area contributed by atoms with Crippen molar-refractivity contribution >= 4 is 22.6 Å². The fraction of sp³-hybridized carbons (Fsp3) is 0.125. The molecule has 2 rings (SSSR count). The molecule has 2 N–H and O–H groups in total. The SMILES string of the molecule is CNC(=O)c1ccccc1S(=O)c1ccccc1C(=O)NC. The highest BCUT2D eigenvalue weighted by atomic mass is 32.2. The highest BCUT2D eigenvalue weighted by Crippen LogP contribution is 2.23. The second kappa shape index (κ2) is 7.00. The average molecular weight is 316 g/mol. The van der Waals surface area contributed by atoms with Gasteiger partial charge in [0.1, 0.15) is 0 Å². The maximum atomic E-state index is 12.9. The van der Waals surface area contributed by atoms with Gasteiger partial charge in [0.05, 0.1) is 31.7 Å². The van der Waals surface area contributed by atoms with E-state index in [0.717, 1.165) is 0 Å². The van der Waals surface area contributed by atoms with Gasteiger partial charge in [-0.1, -0.05) is 24.3 Å². The topological polar surface area (TPSA) is 75.3 Å². The summed E-state index contributed by atoms with van der Waals surface area (Å²) in [5.41, 5.74) is 0.657. The number of benzene rings is 2. The molecule has 5 nitrogen and oxygen atoms in total. The second-order valence-electron chi connectivity index (χ2n) is 4.42. The number of hydrogen-bond acceptors (Lipinski definition) is 3. The van der Waals surface area contributed by atoms with E-state index in [-0.39, 0.29) is 11.8 Å². The third kappa shape index (κ3) is 3.07. The van der Waals surface area contributed by atoms with Crippen molar-refractivity contribution < 1.29 is 13.8 Å². The van der Waals surface area contributed by atoms with Crippen LogP contribution in [0.15, 0.2) is 58.3 Å². The maximum absolute atomic E-state index is 12.9. The minimum atomic E-state index is -1.64. The first-order valence-electron chi connectivity index (χ1n) is 6.64. The molecule has 6 heteroatoms. The van der Waals surface area contributed by atoms with E-state index in [1.54, 1.807) is 48.5 Å². The summed E-state index contributed by atoms with van der Waals surface area (Å²) in [6.07, 6.45) is 0. The van der Waals surface area contributed by atoms with Crippen molar-refractivity contribution in [2.45, 2.75) is 9.79 Å². The molecule has 0 bridgehead atoms. The number of nitrogens with one attached hydrogen (secondary N) is 2. The van der Waals surface area contributed by atoms with Gasteiger partial charge in [-0.15, -0.1) is 0 Å². The number of carbonyl (C=O) groups is 2. The predicted octanol–water partition coefficient (Wildman–Crippen LogP) is 1.57. The normalized spacial score (nSPS) is 10.3. The Balaban J connectivity index is 2.55. The molecule has 0 aliphatic rings. The largest absolute Gasteiger partial charge is 0.355 e. The van der Waals surface area contributed by atoms with E-state index >= 15 is 0 Å². The Kier molecular flexibility index (Phi) is 5.06. The van der Waals surface area contributed by atoms with Gasteiger partial charge in [-0.3, -0.25) is 9.59 Å². The second-order valence-corrected chi connectivity index (χ2v) is 5.84. The van der Waals surface area contributed by atoms with E-state index in [2.05, 4.69) is 10.6 Å². The van der Waals surface area contributed by atoms with Crippen LogP contribution >= 0.6 is 0 Å². The Hall–Kier alpha value is -2.47. The van der Waals surface area contributed by atoms with Crippen molar-refractivity contribution in [2.75, 3.05) is 14.1 Å². The molecule has 0 saturated heterocycles. The first-order chi connectivity index (χ1) is 10.6. The highest BCUT2D eigenvalue weighted by molar-refractivity contribution is 7.85. The fourth-order valence-electron chi connectivity index (χ4n) is 2.02. The zero-order valence-corrected chi connectivity index (χ0v) is 13.1. The molecular formula is C16H16N2O3S. The summed E-state index contributed by atoms with van der Waals surface area (Å²) in [6, 6.07) is 13.3. The van der Waals surface area contributed by atoms with Gasteiger partial charge in [-0.05, 0) is 24.3 Å². The third-order valence-corrected chi connectivity index (χ3v) is 4.63. The summed E-state index contributed by atoms with van der Waals surface area (Å²) in [4.78, 5) is 24.6. The lowest BCUT2D eigenvalue weighted by atomic mass is 10.2. The van der Waals surface area contributed by atoms with Gasteiger partial charge >= 0.3 is 0 Å². The zero-order valence-electron chi connectivity index (χ0n) is 12.3. The number of rotatable bonds is 4. The van der Waals surface area contributed by atoms with Crippen molar-refractivity contribution in [3.8, 4) is 0 Å². The first kappa shape index (κ1) is 15.9. The lowest BCUT2D eigenvalue weighted by Gasteiger charge is -2.11. The molecule has 0 fully saturated rings. The van der Waals surface area contributed by atoms with E-state index in [0.29, 0.717) is 20.9 Å². The van der Waals surface area contributed by atoms with Crippen LogP contribution in [0.5, 0.6) is 0 Å². The van der Waals surface area contributed by atoms with E-state index in [1.807, 2.05) is 0 Å². The van der Waals surface area contributed by atoms with Crippen LogP contribution in [-0.4, -0.2) is 30.1 Å². The van der Waals surface area contributed by atoms with Gasteiger partial charge in [0.2, 0.25) is 0 Å². The molecule has 0 aliphatic carbocycles. The van der Waals surface area contributed by atoms with Gasteiger partial charge in [0, 0.05) is 14.1 Å². The van der Waals surface area contributed by atoms with Crippen LogP contribution in [0.1, 0.15) is 20.7 Å². The molecule has 2 aromatic carbocycles. The summed E-state index contributed by atoms with van der Waals surface area (Å²) < 4.78 is 12.9. The standard InChI is InChI=1S/C16H16N2O3S/c1-17-15(19)11-7-3-5-9-13(11)22(21)14-10-6-4-8-12(14)16(20)18-2/h3-10H,1-2H3,(H,17,19)(H,18,20). The molecule has 0 spiro atoms. The van der Waals surface area contributed by atoms with Crippen LogP contribution in [0.4, 0.5) is 0 Å². The van der Waals surface area contributed by atoms with E-state index < -0.39 is 10.8 Å². The minimum absolute atomic E-state index is 0.318. The summed E-state index contributed by atoms with van der Waals surface area (Å²) in [7, 11) is 1.39. The first-order valence-corrected chi connectivity index (χ1v) is 7.79. The molecule has 0 aliphatic heterocycles. The van der Waals surface area contributed by atoms with Crippen molar-refractivity contribution in [1.29, 1.82) is 0 Å². The van der Waals surface area contributed by atoms with Gasteiger partial charge in [-0.2, -0.15) is 0 Å². The Bertz CT molecular complexity index is 682. The fourth-order valence-corrected chi connectivity index (χ4v) is 3.38. The lowest BCUT2D eigenvalue weighted by molar-refractivity contribution is 0.0953. The van der Waals surface area contributed by atoms with Crippen LogP contribution < -0.4 is 10.6 Å². The molecule has 0 radical (unpaired) electrons. The molecule has 114 valence electrons. The molecule has 0 unspecified atom stereocenters. The zero-order chi connectivity index (χ0) is 16.1. The summed E-state index contributed by atoms with van der Waals surface area (Å²) >= 11 is 0. The quantitative estimate of drug-likeness (QED) is 0.899. The van der Waals surface area contributed by atoms with Crippen LogP contribution in [0, 0.1) is 0 Å². The molecule has 2 aromatic rings. The van der Waals surface area contributed by atoms with Crippen LogP contribution in [-0.2, 0) is 10.8 Å². The number of hydrogen-bond donors (Lipinski definition) is 2. The van der Waals surface area contributed by atoms with Crippen molar-refractivity contribution in [3.05, 3.63) is 59.7 Å². The predicted molar refractivity (Wildman–Crippen MR) is 84.3 cm³/mol. The summed E-state index contributed by atoms with van der Waals surface area (Å²) in [5.74, 6) is -0.636. The van der Waals surface area contributed by atoms with Gasteiger partial charge in [0.15, 0.2) is 0 Å². The van der Waals surface area contributed by atoms with Crippen LogP contribution in [0.2, 0.25) is 0 Å². The highest BCUT2D eigenvalue weighted by Gasteiger charge is 2.20. The monoisotopic (exact) mass is 316 g/mol. The molecule has 0 atom stereocenters. The molecular weight excluding hydrogens is 300 g/mol. The van der Waals surface area contributed by atoms with E-state index in [4.69, 9.17) is 0 Å². The number of amides is 2. The van der Waals surface area contributed by atoms with Crippen molar-refractivity contribution in [3.63, 3.8) is 0 Å². The molecule has 22 heavy (non-hydrogen) atoms. The Labute approximate surface area is 131 Å². The van der Waals surface area contributed by atoms with Crippen LogP contribution in [0.25, 0.3) is 0 Å². The Morgan fingerprint density at radius 3 is 1.50 bits per heavy atom. The Morgan fingerprint density at radius 2 is 1.14 bits per heavy atom. The Morgan fingerprint density at radius 1 is 0.773 bits per heavy atom. The molecule has 0 heterocycles. The summed E-state index contributed by atoms with van der Waals surface area (Å²) in [6.45, 7) is 0. The third-order valence-electron chi connectivity index (χ3n) is 3.12. The number of carbonyl (C=O) groups excluding carboxylic acids is 2. The van der Waals surface area contributed by atoms with Crippen molar-refractivity contribution in [1.82, 2.24) is 10.6 Å². The smallest absolute Gasteiger partial charge is 0.252 e. The van der Waals surface area contributed by atoms with E-state index in [9.17, 15) is 13.8 Å². The molecule has 2 amide bonds. The maximum Gasteiger partial charge on any atom is 0.252 e. The van der Waals surface area contributed by atoms with E-state index in [1.165, 1.54) is 14.1 Å². The molecule has 0 aromatic heterocycles. The lowest BCUT2D eigenvalue weighted by Crippen LogP contribution is -2.21. The average Bonchev–Trinajstić information content (AvgIpc) is 2.59. The molecule has 0 saturated carbocycles. The van der Waals surface area contributed by atoms with Gasteiger partial charge in [-0.25, -0.2) is 4.21 Å². The van der Waals surface area contributed by atoms with Crippen molar-refractivity contribution in [2.24, 2.45) is 0 Å². The van der Waals surface area contributed by atoms with Crippen LogP contribution in [0.3, 0.4) is 0 Å².